The van der Waals surface area contributed by atoms with Crippen molar-refractivity contribution in [3.63, 3.8) is 0 Å². The van der Waals surface area contributed by atoms with Gasteiger partial charge in [0.25, 0.3) is 6.47 Å². The van der Waals surface area contributed by atoms with Crippen LogP contribution in [0.25, 0.3) is 0 Å². The molecule has 4 nitrogen and oxygen atoms in total. The van der Waals surface area contributed by atoms with Gasteiger partial charge in [0, 0.05) is 13.0 Å². The fourth-order valence-corrected chi connectivity index (χ4v) is 0.871. The van der Waals surface area contributed by atoms with E-state index in [1.807, 2.05) is 20.8 Å². The number of hydrogen-bond donors (Lipinski definition) is 1. The van der Waals surface area contributed by atoms with E-state index in [1.54, 1.807) is 0 Å². The maximum atomic E-state index is 10.4. The van der Waals surface area contributed by atoms with Gasteiger partial charge in [-0.3, -0.25) is 9.59 Å². The number of carbonyl (C=O) groups is 2. The lowest BCUT2D eigenvalue weighted by Gasteiger charge is -2.14. The summed E-state index contributed by atoms with van der Waals surface area (Å²) in [5.41, 5.74) is -0.318. The summed E-state index contributed by atoms with van der Waals surface area (Å²) in [5, 5.41) is 2.74. The second-order valence-corrected chi connectivity index (χ2v) is 4.13. The van der Waals surface area contributed by atoms with Crippen LogP contribution in [0, 0.1) is 0 Å². The Morgan fingerprint density at radius 3 is 2.14 bits per heavy atom. The lowest BCUT2D eigenvalue weighted by molar-refractivity contribution is -0.138. The molecule has 0 aromatic heterocycles. The van der Waals surface area contributed by atoms with Gasteiger partial charge in [-0.1, -0.05) is 0 Å². The van der Waals surface area contributed by atoms with Crippen molar-refractivity contribution >= 4 is 12.4 Å². The van der Waals surface area contributed by atoms with Crippen LogP contribution in [0.1, 0.15) is 40.0 Å². The summed E-state index contributed by atoms with van der Waals surface area (Å²) < 4.78 is 4.55. The van der Waals surface area contributed by atoms with Gasteiger partial charge in [0.2, 0.25) is 5.91 Å². The van der Waals surface area contributed by atoms with Crippen LogP contribution in [0.15, 0.2) is 0 Å². The van der Waals surface area contributed by atoms with Crippen molar-refractivity contribution in [2.45, 2.75) is 45.6 Å². The molecule has 0 spiro atoms. The number of piperidine rings is 1. The van der Waals surface area contributed by atoms with Crippen LogP contribution in [-0.4, -0.2) is 24.5 Å². The molecule has 0 saturated carbocycles. The average molecular weight is 201 g/mol. The van der Waals surface area contributed by atoms with Gasteiger partial charge >= 0.3 is 0 Å². The number of rotatable bonds is 1. The molecule has 1 amide bonds. The van der Waals surface area contributed by atoms with Crippen molar-refractivity contribution in [2.24, 2.45) is 0 Å². The monoisotopic (exact) mass is 201 g/mol. The number of ether oxygens (including phenoxy) is 1. The molecular weight excluding hydrogens is 182 g/mol. The number of nitrogens with one attached hydrogen (secondary N) is 1. The van der Waals surface area contributed by atoms with E-state index in [1.165, 1.54) is 0 Å². The predicted octanol–water partition coefficient (Wildman–Crippen LogP) is 1.24. The SMILES string of the molecule is CC(C)(C)OC=O.O=C1CCCCN1. The summed E-state index contributed by atoms with van der Waals surface area (Å²) in [4.78, 5) is 20.0. The standard InChI is InChI=1S/C5H9NO.C5H10O2/c7-5-3-1-2-4-6-5;1-5(2,3)7-4-6/h1-4H2,(H,6,7);4H,1-3H3. The van der Waals surface area contributed by atoms with Crippen LogP contribution in [0.4, 0.5) is 0 Å². The molecule has 0 aromatic rings. The number of carbonyl (C=O) groups excluding carboxylic acids is 2. The summed E-state index contributed by atoms with van der Waals surface area (Å²) in [6, 6.07) is 0. The second-order valence-electron chi connectivity index (χ2n) is 4.13. The van der Waals surface area contributed by atoms with E-state index in [2.05, 4.69) is 10.1 Å². The second kappa shape index (κ2) is 6.40. The molecule has 0 aromatic carbocycles. The zero-order chi connectivity index (χ0) is 11.0. The molecule has 0 unspecified atom stereocenters. The van der Waals surface area contributed by atoms with Crippen molar-refractivity contribution in [2.75, 3.05) is 6.54 Å². The summed E-state index contributed by atoms with van der Waals surface area (Å²) >= 11 is 0. The Morgan fingerprint density at radius 2 is 2.00 bits per heavy atom. The van der Waals surface area contributed by atoms with Crippen LogP contribution >= 0.6 is 0 Å². The van der Waals surface area contributed by atoms with E-state index >= 15 is 0 Å². The Kier molecular flexibility index (Phi) is 5.92. The van der Waals surface area contributed by atoms with Crippen molar-refractivity contribution in [1.82, 2.24) is 5.32 Å². The first kappa shape index (κ1) is 12.9. The first-order chi connectivity index (χ1) is 6.45. The molecule has 1 saturated heterocycles. The van der Waals surface area contributed by atoms with Gasteiger partial charge < -0.3 is 10.1 Å². The van der Waals surface area contributed by atoms with Crippen LogP contribution < -0.4 is 5.32 Å². The molecule has 0 aliphatic carbocycles. The smallest absolute Gasteiger partial charge is 0.293 e. The first-order valence-corrected chi connectivity index (χ1v) is 4.84. The fourth-order valence-electron chi connectivity index (χ4n) is 0.871. The Hall–Kier alpha value is -1.06. The summed E-state index contributed by atoms with van der Waals surface area (Å²) in [6.45, 7) is 6.81. The highest BCUT2D eigenvalue weighted by molar-refractivity contribution is 5.76. The molecule has 0 atom stereocenters. The summed E-state index contributed by atoms with van der Waals surface area (Å²) in [5.74, 6) is 0.214. The normalized spacial score (nSPS) is 16.1. The summed E-state index contributed by atoms with van der Waals surface area (Å²) in [6.07, 6.45) is 2.97. The molecule has 1 rings (SSSR count). The molecule has 1 heterocycles. The van der Waals surface area contributed by atoms with Crippen molar-refractivity contribution < 1.29 is 14.3 Å². The third kappa shape index (κ3) is 9.03. The highest BCUT2D eigenvalue weighted by Gasteiger charge is 2.07. The molecule has 0 bridgehead atoms. The number of hydrogen-bond acceptors (Lipinski definition) is 3. The Bertz CT molecular complexity index is 176. The van der Waals surface area contributed by atoms with Crippen LogP contribution in [0.5, 0.6) is 0 Å². The molecular formula is C10H19NO3. The van der Waals surface area contributed by atoms with Crippen molar-refractivity contribution in [1.29, 1.82) is 0 Å². The lowest BCUT2D eigenvalue weighted by atomic mass is 10.2. The van der Waals surface area contributed by atoms with E-state index in [0.29, 0.717) is 6.47 Å². The Balaban J connectivity index is 0.000000241. The van der Waals surface area contributed by atoms with Crippen LogP contribution in [-0.2, 0) is 14.3 Å². The predicted molar refractivity (Wildman–Crippen MR) is 53.8 cm³/mol. The van der Waals surface area contributed by atoms with Gasteiger partial charge in [-0.05, 0) is 33.6 Å². The Morgan fingerprint density at radius 1 is 1.36 bits per heavy atom. The van der Waals surface area contributed by atoms with Gasteiger partial charge in [-0.15, -0.1) is 0 Å². The molecule has 1 aliphatic rings. The fraction of sp³-hybridized carbons (Fsp3) is 0.800. The third-order valence-corrected chi connectivity index (χ3v) is 1.55. The van der Waals surface area contributed by atoms with E-state index in [0.717, 1.165) is 25.8 Å². The molecule has 4 heteroatoms. The Labute approximate surface area is 85.0 Å². The maximum absolute atomic E-state index is 10.4. The summed E-state index contributed by atoms with van der Waals surface area (Å²) in [7, 11) is 0. The first-order valence-electron chi connectivity index (χ1n) is 4.84. The van der Waals surface area contributed by atoms with Gasteiger partial charge in [0.05, 0.1) is 0 Å². The highest BCUT2D eigenvalue weighted by atomic mass is 16.5. The largest absolute Gasteiger partial charge is 0.462 e. The minimum atomic E-state index is -0.318. The van der Waals surface area contributed by atoms with Gasteiger partial charge in [0.1, 0.15) is 5.60 Å². The quantitative estimate of drug-likeness (QED) is 0.649. The zero-order valence-electron chi connectivity index (χ0n) is 9.13. The minimum absolute atomic E-state index is 0.214. The maximum Gasteiger partial charge on any atom is 0.293 e. The third-order valence-electron chi connectivity index (χ3n) is 1.55. The molecule has 1 fully saturated rings. The van der Waals surface area contributed by atoms with Crippen LogP contribution in [0.2, 0.25) is 0 Å². The topological polar surface area (TPSA) is 55.4 Å². The zero-order valence-corrected chi connectivity index (χ0v) is 9.13. The highest BCUT2D eigenvalue weighted by Crippen LogP contribution is 2.02. The van der Waals surface area contributed by atoms with E-state index in [9.17, 15) is 9.59 Å². The average Bonchev–Trinajstić information content (AvgIpc) is 2.04. The van der Waals surface area contributed by atoms with Gasteiger partial charge in [0.15, 0.2) is 0 Å². The van der Waals surface area contributed by atoms with E-state index in [4.69, 9.17) is 0 Å². The number of amides is 1. The molecule has 1 N–H and O–H groups in total. The molecule has 0 radical (unpaired) electrons. The van der Waals surface area contributed by atoms with E-state index < -0.39 is 0 Å². The lowest BCUT2D eigenvalue weighted by Crippen LogP contribution is -2.28. The van der Waals surface area contributed by atoms with Crippen molar-refractivity contribution in [3.8, 4) is 0 Å². The van der Waals surface area contributed by atoms with Crippen molar-refractivity contribution in [3.05, 3.63) is 0 Å². The van der Waals surface area contributed by atoms with Gasteiger partial charge in [-0.2, -0.15) is 0 Å². The van der Waals surface area contributed by atoms with E-state index in [-0.39, 0.29) is 11.5 Å². The molecule has 14 heavy (non-hydrogen) atoms. The molecule has 82 valence electrons. The molecule has 1 aliphatic heterocycles. The minimum Gasteiger partial charge on any atom is -0.462 e. The van der Waals surface area contributed by atoms with Crippen LogP contribution in [0.3, 0.4) is 0 Å². The van der Waals surface area contributed by atoms with Gasteiger partial charge in [-0.25, -0.2) is 0 Å².